The number of nitrogens with zero attached hydrogens (tertiary/aromatic N) is 2. The van der Waals surface area contributed by atoms with E-state index in [0.717, 1.165) is 31.2 Å². The van der Waals surface area contributed by atoms with Crippen LogP contribution >= 0.6 is 0 Å². The molecular formula is C33H51N5O6. The summed E-state index contributed by atoms with van der Waals surface area (Å²) < 4.78 is 5.24. The van der Waals surface area contributed by atoms with Gasteiger partial charge in [0.25, 0.3) is 0 Å². The highest BCUT2D eigenvalue weighted by Crippen LogP contribution is 2.27. The second kappa shape index (κ2) is 17.0. The quantitative estimate of drug-likeness (QED) is 0.451. The first-order valence-corrected chi connectivity index (χ1v) is 16.1. The molecule has 11 nitrogen and oxygen atoms in total. The molecule has 1 aliphatic heterocycles. The van der Waals surface area contributed by atoms with Crippen molar-refractivity contribution in [1.82, 2.24) is 25.8 Å². The topological polar surface area (TPSA) is 137 Å². The third-order valence-electron chi connectivity index (χ3n) is 8.63. The number of carbonyl (C=O) groups is 5. The molecule has 44 heavy (non-hydrogen) atoms. The van der Waals surface area contributed by atoms with Crippen molar-refractivity contribution < 1.29 is 28.7 Å². The number of carbonyl (C=O) groups excluding carboxylic acids is 5. The predicted octanol–water partition coefficient (Wildman–Crippen LogP) is 2.42. The number of hydrogen-bond donors (Lipinski definition) is 3. The van der Waals surface area contributed by atoms with Crippen molar-refractivity contribution in [2.75, 3.05) is 33.8 Å². The van der Waals surface area contributed by atoms with E-state index in [2.05, 4.69) is 16.0 Å². The third-order valence-corrected chi connectivity index (χ3v) is 8.63. The van der Waals surface area contributed by atoms with E-state index in [-0.39, 0.29) is 42.4 Å². The van der Waals surface area contributed by atoms with E-state index in [0.29, 0.717) is 44.6 Å². The van der Waals surface area contributed by atoms with E-state index in [1.807, 2.05) is 30.9 Å². The molecule has 5 amide bonds. The summed E-state index contributed by atoms with van der Waals surface area (Å²) in [5.41, 5.74) is 0.804. The van der Waals surface area contributed by atoms with Crippen LogP contribution in [0.2, 0.25) is 0 Å². The molecule has 3 rings (SSSR count). The van der Waals surface area contributed by atoms with Crippen LogP contribution in [-0.4, -0.2) is 91.3 Å². The molecule has 244 valence electrons. The lowest BCUT2D eigenvalue weighted by Crippen LogP contribution is -2.57. The highest BCUT2D eigenvalue weighted by atomic mass is 16.5. The lowest BCUT2D eigenvalue weighted by molar-refractivity contribution is -0.141. The van der Waals surface area contributed by atoms with Gasteiger partial charge >= 0.3 is 0 Å². The Bertz CT molecular complexity index is 1130. The summed E-state index contributed by atoms with van der Waals surface area (Å²) in [7, 11) is 3.12. The molecule has 3 atom stereocenters. The summed E-state index contributed by atoms with van der Waals surface area (Å²) in [5, 5.41) is 8.67. The van der Waals surface area contributed by atoms with Crippen molar-refractivity contribution in [2.24, 2.45) is 11.8 Å². The summed E-state index contributed by atoms with van der Waals surface area (Å²) in [6.45, 7) is 6.84. The molecule has 0 bridgehead atoms. The number of amides is 5. The molecule has 2 fully saturated rings. The van der Waals surface area contributed by atoms with E-state index in [4.69, 9.17) is 4.74 Å². The van der Waals surface area contributed by atoms with Gasteiger partial charge in [0.15, 0.2) is 0 Å². The molecule has 1 heterocycles. The maximum atomic E-state index is 13.8. The minimum atomic E-state index is -0.961. The van der Waals surface area contributed by atoms with Gasteiger partial charge in [0.05, 0.1) is 7.11 Å². The fourth-order valence-corrected chi connectivity index (χ4v) is 5.87. The first-order chi connectivity index (χ1) is 21.0. The van der Waals surface area contributed by atoms with Gasteiger partial charge in [-0.1, -0.05) is 38.8 Å². The minimum absolute atomic E-state index is 0.0148. The minimum Gasteiger partial charge on any atom is -0.497 e. The molecule has 0 unspecified atom stereocenters. The Kier molecular flexibility index (Phi) is 13.5. The van der Waals surface area contributed by atoms with Gasteiger partial charge in [0.1, 0.15) is 23.9 Å². The maximum absolute atomic E-state index is 13.8. The largest absolute Gasteiger partial charge is 0.497 e. The third kappa shape index (κ3) is 10.2. The van der Waals surface area contributed by atoms with Crippen LogP contribution in [0.1, 0.15) is 77.7 Å². The van der Waals surface area contributed by atoms with Crippen LogP contribution in [0.5, 0.6) is 5.75 Å². The molecule has 2 aliphatic rings. The molecule has 11 heteroatoms. The summed E-state index contributed by atoms with van der Waals surface area (Å²) in [6, 6.07) is 4.63. The lowest BCUT2D eigenvalue weighted by Gasteiger charge is -2.31. The Morgan fingerprint density at radius 1 is 0.932 bits per heavy atom. The van der Waals surface area contributed by atoms with E-state index >= 15 is 0 Å². The Morgan fingerprint density at radius 2 is 1.59 bits per heavy atom. The fraction of sp³-hybridized carbons (Fsp3) is 0.667. The molecule has 0 radical (unpaired) electrons. The van der Waals surface area contributed by atoms with Gasteiger partial charge in [-0.05, 0) is 62.6 Å². The summed E-state index contributed by atoms with van der Waals surface area (Å²) in [4.78, 5) is 69.9. The van der Waals surface area contributed by atoms with E-state index in [1.165, 1.54) is 4.90 Å². The van der Waals surface area contributed by atoms with Crippen LogP contribution in [0.3, 0.4) is 0 Å². The standard InChI is InChI=1S/C33H51N5O6/c1-22(2)20-27-31(41)36-28(21-24-13-15-26(44-5)16-14-24)33(43)37(4)23(3)30(40)34-17-9-19-38(18-8-12-29(39)35-27)32(42)25-10-6-7-11-25/h13-16,22-23,25,27-28H,6-12,17-21H2,1-5H3,(H,34,40)(H,35,39)(H,36,41)/t23-,27+,28-/m0/s1. The van der Waals surface area contributed by atoms with Crippen molar-refractivity contribution in [3.63, 3.8) is 0 Å². The number of rotatable bonds is 6. The Hall–Kier alpha value is -3.63. The van der Waals surface area contributed by atoms with Crippen molar-refractivity contribution >= 4 is 29.5 Å². The maximum Gasteiger partial charge on any atom is 0.245 e. The normalized spacial score (nSPS) is 23.9. The van der Waals surface area contributed by atoms with Gasteiger partial charge in [-0.3, -0.25) is 24.0 Å². The summed E-state index contributed by atoms with van der Waals surface area (Å²) in [5.74, 6) is -0.549. The van der Waals surface area contributed by atoms with Gasteiger partial charge in [-0.15, -0.1) is 0 Å². The number of hydrogen-bond acceptors (Lipinski definition) is 6. The Morgan fingerprint density at radius 3 is 2.23 bits per heavy atom. The smallest absolute Gasteiger partial charge is 0.245 e. The van der Waals surface area contributed by atoms with Gasteiger partial charge in [-0.25, -0.2) is 0 Å². The van der Waals surface area contributed by atoms with Crippen molar-refractivity contribution in [2.45, 2.75) is 96.7 Å². The number of nitrogens with one attached hydrogen (secondary N) is 3. The second-order valence-corrected chi connectivity index (χ2v) is 12.5. The highest BCUT2D eigenvalue weighted by molar-refractivity contribution is 5.94. The van der Waals surface area contributed by atoms with E-state index in [1.54, 1.807) is 33.2 Å². The summed E-state index contributed by atoms with van der Waals surface area (Å²) >= 11 is 0. The van der Waals surface area contributed by atoms with Crippen molar-refractivity contribution in [3.05, 3.63) is 29.8 Å². The van der Waals surface area contributed by atoms with Crippen LogP contribution < -0.4 is 20.7 Å². The predicted molar refractivity (Wildman–Crippen MR) is 168 cm³/mol. The van der Waals surface area contributed by atoms with Crippen LogP contribution in [0.15, 0.2) is 24.3 Å². The number of methoxy groups -OCH3 is 1. The number of likely N-dealkylation sites (N-methyl/N-ethyl adjacent to an activating group) is 1. The van der Waals surface area contributed by atoms with Gasteiger partial charge in [-0.2, -0.15) is 0 Å². The van der Waals surface area contributed by atoms with Crippen LogP contribution in [0.4, 0.5) is 0 Å². The van der Waals surface area contributed by atoms with Crippen molar-refractivity contribution in [3.8, 4) is 5.75 Å². The fourth-order valence-electron chi connectivity index (χ4n) is 5.87. The monoisotopic (exact) mass is 613 g/mol. The molecule has 0 aromatic heterocycles. The van der Waals surface area contributed by atoms with Crippen LogP contribution in [-0.2, 0) is 30.4 Å². The first kappa shape index (κ1) is 34.9. The average molecular weight is 614 g/mol. The molecule has 1 aromatic carbocycles. The van der Waals surface area contributed by atoms with E-state index in [9.17, 15) is 24.0 Å². The zero-order valence-electron chi connectivity index (χ0n) is 27.0. The lowest BCUT2D eigenvalue weighted by atomic mass is 10.00. The van der Waals surface area contributed by atoms with Gasteiger partial charge in [0.2, 0.25) is 29.5 Å². The van der Waals surface area contributed by atoms with Crippen molar-refractivity contribution in [1.29, 1.82) is 0 Å². The van der Waals surface area contributed by atoms with Gasteiger partial charge < -0.3 is 30.5 Å². The Labute approximate surface area is 261 Å². The average Bonchev–Trinajstić information content (AvgIpc) is 3.55. The molecule has 1 saturated carbocycles. The number of ether oxygens (including phenoxy) is 1. The highest BCUT2D eigenvalue weighted by Gasteiger charge is 2.33. The SMILES string of the molecule is COc1ccc(C[C@@H]2NC(=O)[C@@H](CC(C)C)NC(=O)CCCN(C(=O)C3CCCC3)CCCNC(=O)[C@H](C)N(C)C2=O)cc1. The Balaban J connectivity index is 1.84. The number of benzene rings is 1. The molecule has 1 saturated heterocycles. The first-order valence-electron chi connectivity index (χ1n) is 16.1. The molecular weight excluding hydrogens is 562 g/mol. The second-order valence-electron chi connectivity index (χ2n) is 12.5. The zero-order chi connectivity index (χ0) is 32.2. The van der Waals surface area contributed by atoms with E-state index < -0.39 is 29.9 Å². The molecule has 1 aromatic rings. The summed E-state index contributed by atoms with van der Waals surface area (Å²) in [6.07, 6.45) is 5.65. The molecule has 0 spiro atoms. The molecule has 1 aliphatic carbocycles. The van der Waals surface area contributed by atoms with Gasteiger partial charge in [0, 0.05) is 45.4 Å². The van der Waals surface area contributed by atoms with Crippen LogP contribution in [0.25, 0.3) is 0 Å². The van der Waals surface area contributed by atoms with Crippen LogP contribution in [0, 0.1) is 11.8 Å². The zero-order valence-corrected chi connectivity index (χ0v) is 27.0. The molecule has 3 N–H and O–H groups in total.